The molecule has 1 N–H and O–H groups in total. The molecular weight excluding hydrogens is 381 g/mol. The largest absolute Gasteiger partial charge is 0.462 e. The van der Waals surface area contributed by atoms with Gasteiger partial charge in [0.15, 0.2) is 0 Å². The number of hydrogen-bond acceptors (Lipinski definition) is 4. The maximum atomic E-state index is 13.2. The van der Waals surface area contributed by atoms with Crippen LogP contribution in [0.1, 0.15) is 49.2 Å². The Hall–Kier alpha value is -2.21. The molecule has 2 aromatic rings. The van der Waals surface area contributed by atoms with Crippen LogP contribution in [-0.4, -0.2) is 30.3 Å². The molecule has 0 aliphatic heterocycles. The van der Waals surface area contributed by atoms with Crippen molar-refractivity contribution in [3.05, 3.63) is 84.6 Å². The Labute approximate surface area is 179 Å². The summed E-state index contributed by atoms with van der Waals surface area (Å²) >= 11 is 0. The first-order valence-electron chi connectivity index (χ1n) is 10.5. The van der Waals surface area contributed by atoms with Gasteiger partial charge in [-0.25, -0.2) is 4.39 Å². The molecule has 0 aliphatic rings. The van der Waals surface area contributed by atoms with Crippen molar-refractivity contribution in [2.75, 3.05) is 20.3 Å². The first-order valence-corrected chi connectivity index (χ1v) is 10.5. The van der Waals surface area contributed by atoms with Gasteiger partial charge in [-0.3, -0.25) is 4.90 Å². The molecule has 1 aromatic heterocycles. The maximum absolute atomic E-state index is 13.2. The van der Waals surface area contributed by atoms with E-state index in [0.717, 1.165) is 24.3 Å². The van der Waals surface area contributed by atoms with Gasteiger partial charge in [-0.2, -0.15) is 0 Å². The third-order valence-electron chi connectivity index (χ3n) is 5.17. The van der Waals surface area contributed by atoms with Crippen molar-refractivity contribution < 1.29 is 18.7 Å². The Bertz CT molecular complexity index is 757. The van der Waals surface area contributed by atoms with Crippen LogP contribution in [0.5, 0.6) is 0 Å². The van der Waals surface area contributed by atoms with Gasteiger partial charge in [-0.05, 0) is 61.9 Å². The maximum Gasteiger partial charge on any atom is 0.135 e. The normalized spacial score (nSPS) is 11.7. The van der Waals surface area contributed by atoms with Crippen LogP contribution < -0.4 is 0 Å². The number of methoxy groups -OCH3 is 1. The smallest absolute Gasteiger partial charge is 0.135 e. The van der Waals surface area contributed by atoms with Gasteiger partial charge in [-0.15, -0.1) is 13.2 Å². The lowest BCUT2D eigenvalue weighted by molar-refractivity contribution is -0.00217. The Kier molecular flexibility index (Phi) is 10.0. The van der Waals surface area contributed by atoms with E-state index < -0.39 is 5.60 Å². The molecule has 5 heteroatoms. The van der Waals surface area contributed by atoms with Gasteiger partial charge in [0.05, 0.1) is 6.54 Å². The summed E-state index contributed by atoms with van der Waals surface area (Å²) in [6, 6.07) is 10.4. The van der Waals surface area contributed by atoms with Crippen molar-refractivity contribution in [1.29, 1.82) is 0 Å². The highest BCUT2D eigenvalue weighted by atomic mass is 19.1. The van der Waals surface area contributed by atoms with Crippen LogP contribution in [0.4, 0.5) is 4.39 Å². The topological polar surface area (TPSA) is 45.8 Å². The van der Waals surface area contributed by atoms with Gasteiger partial charge in [0.25, 0.3) is 0 Å². The molecule has 0 atom stereocenters. The molecule has 4 nitrogen and oxygen atoms in total. The molecule has 0 saturated carbocycles. The fourth-order valence-corrected chi connectivity index (χ4v) is 3.48. The second-order valence-electron chi connectivity index (χ2n) is 7.64. The summed E-state index contributed by atoms with van der Waals surface area (Å²) in [7, 11) is 1.69. The predicted octanol–water partition coefficient (Wildman–Crippen LogP) is 5.58. The molecule has 0 amide bonds. The Morgan fingerprint density at radius 3 is 2.33 bits per heavy atom. The van der Waals surface area contributed by atoms with Crippen molar-refractivity contribution in [3.8, 4) is 0 Å². The number of furan rings is 1. The van der Waals surface area contributed by atoms with E-state index >= 15 is 0 Å². The number of ether oxygens (including phenoxy) is 1. The van der Waals surface area contributed by atoms with Crippen LogP contribution in [0.2, 0.25) is 0 Å². The molecule has 164 valence electrons. The van der Waals surface area contributed by atoms with Crippen molar-refractivity contribution >= 4 is 0 Å². The molecule has 0 unspecified atom stereocenters. The molecule has 2 rings (SSSR count). The molecule has 1 heterocycles. The first-order chi connectivity index (χ1) is 14.5. The van der Waals surface area contributed by atoms with Gasteiger partial charge in [0, 0.05) is 26.8 Å². The van der Waals surface area contributed by atoms with Crippen LogP contribution in [0.15, 0.2) is 66.1 Å². The van der Waals surface area contributed by atoms with Crippen LogP contribution in [0, 0.1) is 5.82 Å². The fourth-order valence-electron chi connectivity index (χ4n) is 3.48. The summed E-state index contributed by atoms with van der Waals surface area (Å²) in [5, 5.41) is 11.2. The molecule has 0 fully saturated rings. The Morgan fingerprint density at radius 2 is 1.73 bits per heavy atom. The summed E-state index contributed by atoms with van der Waals surface area (Å²) in [6.07, 6.45) is 7.03. The summed E-state index contributed by atoms with van der Waals surface area (Å²) in [4.78, 5) is 2.24. The minimum atomic E-state index is -1.03. The number of rotatable bonds is 15. The average molecular weight is 416 g/mol. The van der Waals surface area contributed by atoms with E-state index in [1.54, 1.807) is 19.2 Å². The van der Waals surface area contributed by atoms with Crippen LogP contribution >= 0.6 is 0 Å². The van der Waals surface area contributed by atoms with E-state index in [1.165, 1.54) is 12.1 Å². The SMILES string of the molecule is C=CCCC(O)(CCC=C)c1ccc(CN(CCCOC)Cc2ccc(F)cc2)o1. The zero-order valence-electron chi connectivity index (χ0n) is 18.0. The molecule has 0 spiro atoms. The molecule has 1 aromatic carbocycles. The van der Waals surface area contributed by atoms with E-state index in [0.29, 0.717) is 51.1 Å². The van der Waals surface area contributed by atoms with Gasteiger partial charge in [-0.1, -0.05) is 24.3 Å². The zero-order valence-corrected chi connectivity index (χ0v) is 18.0. The van der Waals surface area contributed by atoms with Gasteiger partial charge in [0.2, 0.25) is 0 Å². The highest BCUT2D eigenvalue weighted by molar-refractivity contribution is 5.17. The summed E-state index contributed by atoms with van der Waals surface area (Å²) in [5.41, 5.74) is 0.00688. The quantitative estimate of drug-likeness (QED) is 0.305. The minimum absolute atomic E-state index is 0.237. The zero-order chi connectivity index (χ0) is 21.8. The summed E-state index contributed by atoms with van der Waals surface area (Å²) < 4.78 is 24.5. The lowest BCUT2D eigenvalue weighted by Crippen LogP contribution is -2.25. The second-order valence-corrected chi connectivity index (χ2v) is 7.64. The third-order valence-corrected chi connectivity index (χ3v) is 5.17. The van der Waals surface area contributed by atoms with E-state index in [-0.39, 0.29) is 5.82 Å². The second kappa shape index (κ2) is 12.5. The average Bonchev–Trinajstić information content (AvgIpc) is 3.22. The summed E-state index contributed by atoms with van der Waals surface area (Å²) in [6.45, 7) is 10.3. The highest BCUT2D eigenvalue weighted by Gasteiger charge is 2.31. The van der Waals surface area contributed by atoms with Gasteiger partial charge >= 0.3 is 0 Å². The molecule has 30 heavy (non-hydrogen) atoms. The van der Waals surface area contributed by atoms with Gasteiger partial charge in [0.1, 0.15) is 22.9 Å². The number of benzene rings is 1. The molecule has 0 aliphatic carbocycles. The Morgan fingerprint density at radius 1 is 1.07 bits per heavy atom. The van der Waals surface area contributed by atoms with Crippen LogP contribution in [0.3, 0.4) is 0 Å². The number of hydrogen-bond donors (Lipinski definition) is 1. The lowest BCUT2D eigenvalue weighted by atomic mass is 9.89. The first kappa shape index (κ1) is 24.1. The minimum Gasteiger partial charge on any atom is -0.462 e. The molecule has 0 saturated heterocycles. The number of aliphatic hydroxyl groups is 1. The standard InChI is InChI=1S/C25H34FNO3/c1-4-6-15-25(28,16-7-5-2)24-14-13-23(30-24)20-27(17-8-18-29-3)19-21-9-11-22(26)12-10-21/h4-5,9-14,28H,1-2,6-8,15-20H2,3H3. The molecular formula is C25H34FNO3. The van der Waals surface area contributed by atoms with Crippen molar-refractivity contribution in [2.24, 2.45) is 0 Å². The summed E-state index contributed by atoms with van der Waals surface area (Å²) in [5.74, 6) is 1.14. The van der Waals surface area contributed by atoms with Crippen molar-refractivity contribution in [3.63, 3.8) is 0 Å². The van der Waals surface area contributed by atoms with E-state index in [4.69, 9.17) is 9.15 Å². The van der Waals surface area contributed by atoms with Crippen LogP contribution in [0.25, 0.3) is 0 Å². The lowest BCUT2D eigenvalue weighted by Gasteiger charge is -2.25. The monoisotopic (exact) mass is 415 g/mol. The Balaban J connectivity index is 2.12. The number of allylic oxidation sites excluding steroid dienone is 2. The molecule has 0 radical (unpaired) electrons. The third kappa shape index (κ3) is 7.56. The van der Waals surface area contributed by atoms with Gasteiger partial charge < -0.3 is 14.3 Å². The fraction of sp³-hybridized carbons (Fsp3) is 0.440. The van der Waals surface area contributed by atoms with E-state index in [2.05, 4.69) is 18.1 Å². The molecule has 0 bridgehead atoms. The predicted molar refractivity (Wildman–Crippen MR) is 118 cm³/mol. The van der Waals surface area contributed by atoms with Crippen molar-refractivity contribution in [2.45, 2.75) is 50.8 Å². The van der Waals surface area contributed by atoms with E-state index in [9.17, 15) is 9.50 Å². The van der Waals surface area contributed by atoms with Crippen molar-refractivity contribution in [1.82, 2.24) is 4.90 Å². The number of halogens is 1. The highest BCUT2D eigenvalue weighted by Crippen LogP contribution is 2.33. The van der Waals surface area contributed by atoms with E-state index in [1.807, 2.05) is 24.3 Å². The van der Waals surface area contributed by atoms with Crippen LogP contribution in [-0.2, 0) is 23.4 Å². The number of nitrogens with zero attached hydrogens (tertiary/aromatic N) is 1.